The number of hydrogen-bond donors (Lipinski definition) is 1. The van der Waals surface area contributed by atoms with Gasteiger partial charge in [0, 0.05) is 17.4 Å². The maximum Gasteiger partial charge on any atom is 0.331 e. The van der Waals surface area contributed by atoms with Crippen LogP contribution in [0, 0.1) is 13.8 Å². The first-order valence-electron chi connectivity index (χ1n) is 8.55. The van der Waals surface area contributed by atoms with Crippen molar-refractivity contribution in [2.45, 2.75) is 39.3 Å². The molecule has 0 aromatic carbocycles. The minimum Gasteiger partial charge on any atom is -0.467 e. The topological polar surface area (TPSA) is 84.6 Å². The van der Waals surface area contributed by atoms with Gasteiger partial charge < -0.3 is 8.98 Å². The molecule has 26 heavy (non-hydrogen) atoms. The van der Waals surface area contributed by atoms with Gasteiger partial charge >= 0.3 is 6.03 Å². The highest BCUT2D eigenvalue weighted by Gasteiger charge is 2.36. The minimum absolute atomic E-state index is 0.0244. The first-order valence-corrected chi connectivity index (χ1v) is 8.55. The molecule has 4 amide bonds. The quantitative estimate of drug-likeness (QED) is 0.676. The smallest absolute Gasteiger partial charge is 0.331 e. The van der Waals surface area contributed by atoms with Gasteiger partial charge in [-0.3, -0.25) is 19.8 Å². The fraction of sp³-hybridized carbons (Fsp3) is 0.316. The minimum atomic E-state index is -0.739. The van der Waals surface area contributed by atoms with Crippen LogP contribution in [0.5, 0.6) is 0 Å². The van der Waals surface area contributed by atoms with E-state index in [2.05, 4.69) is 9.88 Å². The third-order valence-electron chi connectivity index (χ3n) is 4.82. The molecule has 1 aliphatic carbocycles. The SMILES string of the molecule is Cc1cc(/C=C2\C(=O)NC(=O)N(Cc3ccco3)C2=O)c(C)n1C1CC1. The van der Waals surface area contributed by atoms with Crippen molar-refractivity contribution in [1.82, 2.24) is 14.8 Å². The summed E-state index contributed by atoms with van der Waals surface area (Å²) in [5, 5.41) is 2.23. The van der Waals surface area contributed by atoms with Crippen LogP contribution in [-0.2, 0) is 16.1 Å². The van der Waals surface area contributed by atoms with E-state index in [0.29, 0.717) is 11.8 Å². The van der Waals surface area contributed by atoms with Gasteiger partial charge in [0.2, 0.25) is 0 Å². The fourth-order valence-electron chi connectivity index (χ4n) is 3.39. The number of imide groups is 2. The molecule has 0 radical (unpaired) electrons. The van der Waals surface area contributed by atoms with Gasteiger partial charge in [0.05, 0.1) is 12.8 Å². The molecule has 0 spiro atoms. The zero-order chi connectivity index (χ0) is 18.4. The second-order valence-corrected chi connectivity index (χ2v) is 6.72. The number of aryl methyl sites for hydroxylation is 1. The number of nitrogens with zero attached hydrogens (tertiary/aromatic N) is 2. The molecule has 4 rings (SSSR count). The van der Waals surface area contributed by atoms with Crippen molar-refractivity contribution >= 4 is 23.9 Å². The van der Waals surface area contributed by atoms with Crippen molar-refractivity contribution < 1.29 is 18.8 Å². The number of nitrogens with one attached hydrogen (secondary N) is 1. The monoisotopic (exact) mass is 353 g/mol. The van der Waals surface area contributed by atoms with E-state index in [9.17, 15) is 14.4 Å². The molecule has 2 fully saturated rings. The van der Waals surface area contributed by atoms with E-state index in [1.807, 2.05) is 19.9 Å². The van der Waals surface area contributed by atoms with E-state index in [-0.39, 0.29) is 12.1 Å². The van der Waals surface area contributed by atoms with Crippen LogP contribution in [0.1, 0.15) is 41.6 Å². The van der Waals surface area contributed by atoms with Gasteiger partial charge in [-0.05, 0) is 56.5 Å². The number of barbiturate groups is 1. The maximum absolute atomic E-state index is 12.8. The molecule has 0 atom stereocenters. The van der Waals surface area contributed by atoms with Gasteiger partial charge in [0.1, 0.15) is 11.3 Å². The van der Waals surface area contributed by atoms with Crippen molar-refractivity contribution in [3.63, 3.8) is 0 Å². The van der Waals surface area contributed by atoms with Crippen LogP contribution in [0.4, 0.5) is 4.79 Å². The normalized spacial score (nSPS) is 19.4. The van der Waals surface area contributed by atoms with Crippen molar-refractivity contribution in [3.05, 3.63) is 52.7 Å². The fourth-order valence-corrected chi connectivity index (χ4v) is 3.39. The van der Waals surface area contributed by atoms with Crippen LogP contribution in [0.15, 0.2) is 34.5 Å². The number of rotatable bonds is 4. The molecule has 1 saturated carbocycles. The van der Waals surface area contributed by atoms with Gasteiger partial charge in [0.25, 0.3) is 11.8 Å². The molecule has 7 nitrogen and oxygen atoms in total. The summed E-state index contributed by atoms with van der Waals surface area (Å²) in [7, 11) is 0. The van der Waals surface area contributed by atoms with E-state index in [1.165, 1.54) is 6.26 Å². The van der Waals surface area contributed by atoms with Crippen molar-refractivity contribution in [2.24, 2.45) is 0 Å². The van der Waals surface area contributed by atoms with Crippen molar-refractivity contribution in [3.8, 4) is 0 Å². The maximum atomic E-state index is 12.8. The Hall–Kier alpha value is -3.09. The summed E-state index contributed by atoms with van der Waals surface area (Å²) in [5.41, 5.74) is 2.89. The molecular formula is C19H19N3O4. The van der Waals surface area contributed by atoms with Gasteiger partial charge in [-0.2, -0.15) is 0 Å². The highest BCUT2D eigenvalue weighted by Crippen LogP contribution is 2.38. The number of hydrogen-bond acceptors (Lipinski definition) is 4. The summed E-state index contributed by atoms with van der Waals surface area (Å²) in [6.45, 7) is 3.97. The number of carbonyl (C=O) groups is 3. The first kappa shape index (κ1) is 16.4. The number of furan rings is 1. The third kappa shape index (κ3) is 2.75. The highest BCUT2D eigenvalue weighted by molar-refractivity contribution is 6.31. The Morgan fingerprint density at radius 1 is 1.27 bits per heavy atom. The molecule has 3 heterocycles. The van der Waals surface area contributed by atoms with Crippen molar-refractivity contribution in [1.29, 1.82) is 0 Å². The standard InChI is InChI=1S/C19H19N3O4/c1-11-8-13(12(2)22(11)14-5-6-14)9-16-17(23)20-19(25)21(18(16)24)10-15-4-3-7-26-15/h3-4,7-9,14H,5-6,10H2,1-2H3,(H,20,23,25)/b16-9+. The van der Waals surface area contributed by atoms with Crippen LogP contribution in [0.25, 0.3) is 6.08 Å². The zero-order valence-electron chi connectivity index (χ0n) is 14.6. The summed E-state index contributed by atoms with van der Waals surface area (Å²) in [6, 6.07) is 5.08. The highest BCUT2D eigenvalue weighted by atomic mass is 16.3. The van der Waals surface area contributed by atoms with E-state index < -0.39 is 17.8 Å². The Balaban J connectivity index is 1.67. The predicted octanol–water partition coefficient (Wildman–Crippen LogP) is 2.69. The number of aromatic nitrogens is 1. The first-order chi connectivity index (χ1) is 12.5. The van der Waals surface area contributed by atoms with E-state index in [0.717, 1.165) is 34.7 Å². The Labute approximate surface area is 150 Å². The molecule has 1 N–H and O–H groups in total. The summed E-state index contributed by atoms with van der Waals surface area (Å²) >= 11 is 0. The number of urea groups is 1. The number of carbonyl (C=O) groups excluding carboxylic acids is 3. The molecule has 1 saturated heterocycles. The summed E-state index contributed by atoms with van der Waals surface area (Å²) in [6.07, 6.45) is 5.34. The summed E-state index contributed by atoms with van der Waals surface area (Å²) in [5.74, 6) is -0.826. The van der Waals surface area contributed by atoms with Crippen LogP contribution in [0.2, 0.25) is 0 Å². The van der Waals surface area contributed by atoms with Gasteiger partial charge in [0.15, 0.2) is 0 Å². The summed E-state index contributed by atoms with van der Waals surface area (Å²) in [4.78, 5) is 38.0. The van der Waals surface area contributed by atoms with Crippen LogP contribution < -0.4 is 5.32 Å². The van der Waals surface area contributed by atoms with Crippen LogP contribution in [-0.4, -0.2) is 27.3 Å². The molecule has 0 unspecified atom stereocenters. The van der Waals surface area contributed by atoms with Gasteiger partial charge in [-0.1, -0.05) is 0 Å². The van der Waals surface area contributed by atoms with E-state index >= 15 is 0 Å². The lowest BCUT2D eigenvalue weighted by Gasteiger charge is -2.25. The Kier molecular flexibility index (Phi) is 3.79. The lowest BCUT2D eigenvalue weighted by atomic mass is 10.1. The molecule has 134 valence electrons. The van der Waals surface area contributed by atoms with Crippen LogP contribution >= 0.6 is 0 Å². The Morgan fingerprint density at radius 3 is 2.69 bits per heavy atom. The molecular weight excluding hydrogens is 334 g/mol. The van der Waals surface area contributed by atoms with Gasteiger partial charge in [-0.15, -0.1) is 0 Å². The molecule has 1 aliphatic heterocycles. The molecule has 2 aromatic rings. The zero-order valence-corrected chi connectivity index (χ0v) is 14.6. The molecule has 7 heteroatoms. The van der Waals surface area contributed by atoms with E-state index in [4.69, 9.17) is 4.42 Å². The average Bonchev–Trinajstić information content (AvgIpc) is 3.20. The lowest BCUT2D eigenvalue weighted by Crippen LogP contribution is -2.53. The third-order valence-corrected chi connectivity index (χ3v) is 4.82. The van der Waals surface area contributed by atoms with E-state index in [1.54, 1.807) is 18.2 Å². The summed E-state index contributed by atoms with van der Waals surface area (Å²) < 4.78 is 7.44. The molecule has 0 bridgehead atoms. The Bertz CT molecular complexity index is 932. The Morgan fingerprint density at radius 2 is 2.04 bits per heavy atom. The average molecular weight is 353 g/mol. The van der Waals surface area contributed by atoms with Crippen LogP contribution in [0.3, 0.4) is 0 Å². The second-order valence-electron chi connectivity index (χ2n) is 6.72. The van der Waals surface area contributed by atoms with Gasteiger partial charge in [-0.25, -0.2) is 4.79 Å². The lowest BCUT2D eigenvalue weighted by molar-refractivity contribution is -0.130. The molecule has 2 aliphatic rings. The number of amides is 4. The predicted molar refractivity (Wildman–Crippen MR) is 93.0 cm³/mol. The van der Waals surface area contributed by atoms with Crippen molar-refractivity contribution in [2.75, 3.05) is 0 Å². The molecule has 2 aromatic heterocycles. The largest absolute Gasteiger partial charge is 0.467 e. The second kappa shape index (κ2) is 6.01.